The molecule has 1 aromatic carbocycles. The van der Waals surface area contributed by atoms with E-state index in [1.54, 1.807) is 11.8 Å². The van der Waals surface area contributed by atoms with Crippen LogP contribution in [0.2, 0.25) is 0 Å². The van der Waals surface area contributed by atoms with Gasteiger partial charge in [-0.05, 0) is 42.1 Å². The third-order valence-corrected chi connectivity index (χ3v) is 2.43. The Kier molecular flexibility index (Phi) is 3.34. The summed E-state index contributed by atoms with van der Waals surface area (Å²) in [7, 11) is 3.49. The van der Waals surface area contributed by atoms with Gasteiger partial charge in [-0.2, -0.15) is 4.68 Å². The molecule has 0 bridgehead atoms. The fourth-order valence-electron chi connectivity index (χ4n) is 1.63. The zero-order valence-corrected chi connectivity index (χ0v) is 10.1. The Morgan fingerprint density at radius 2 is 2.24 bits per heavy atom. The second kappa shape index (κ2) is 4.92. The van der Waals surface area contributed by atoms with Crippen molar-refractivity contribution >= 4 is 0 Å². The molecule has 0 aliphatic rings. The standard InChI is InChI=1S/C11H15N5O/c1-8-4-5-10(17-3)9(6-8)16-11(7-12-2)13-14-15-16/h4-6,12H,7H2,1-3H3. The zero-order valence-electron chi connectivity index (χ0n) is 10.1. The lowest BCUT2D eigenvalue weighted by molar-refractivity contribution is 0.410. The minimum Gasteiger partial charge on any atom is -0.494 e. The predicted octanol–water partition coefficient (Wildman–Crippen LogP) is 0.699. The van der Waals surface area contributed by atoms with Gasteiger partial charge >= 0.3 is 0 Å². The van der Waals surface area contributed by atoms with Crippen molar-refractivity contribution in [3.05, 3.63) is 29.6 Å². The summed E-state index contributed by atoms with van der Waals surface area (Å²) in [6, 6.07) is 5.90. The minimum absolute atomic E-state index is 0.601. The van der Waals surface area contributed by atoms with Gasteiger partial charge in [0.1, 0.15) is 11.4 Å². The molecule has 1 aromatic heterocycles. The number of hydrogen-bond acceptors (Lipinski definition) is 5. The normalized spacial score (nSPS) is 10.5. The Hall–Kier alpha value is -1.95. The molecule has 0 spiro atoms. The second-order valence-electron chi connectivity index (χ2n) is 3.71. The molecule has 2 rings (SSSR count). The van der Waals surface area contributed by atoms with Crippen LogP contribution >= 0.6 is 0 Å². The number of methoxy groups -OCH3 is 1. The van der Waals surface area contributed by atoms with E-state index in [0.29, 0.717) is 6.54 Å². The Bertz CT molecular complexity index is 508. The summed E-state index contributed by atoms with van der Waals surface area (Å²) >= 11 is 0. The van der Waals surface area contributed by atoms with Gasteiger partial charge in [-0.25, -0.2) is 0 Å². The molecule has 0 atom stereocenters. The number of rotatable bonds is 4. The van der Waals surface area contributed by atoms with Crippen LogP contribution in [-0.2, 0) is 6.54 Å². The summed E-state index contributed by atoms with van der Waals surface area (Å²) < 4.78 is 7.00. The molecule has 0 unspecified atom stereocenters. The molecule has 2 aromatic rings. The van der Waals surface area contributed by atoms with E-state index < -0.39 is 0 Å². The van der Waals surface area contributed by atoms with Crippen molar-refractivity contribution in [2.45, 2.75) is 13.5 Å². The minimum atomic E-state index is 0.601. The van der Waals surface area contributed by atoms with Gasteiger partial charge in [0.05, 0.1) is 13.7 Å². The van der Waals surface area contributed by atoms with E-state index in [4.69, 9.17) is 4.74 Å². The molecule has 1 heterocycles. The van der Waals surface area contributed by atoms with E-state index in [1.165, 1.54) is 0 Å². The number of aromatic nitrogens is 4. The third kappa shape index (κ3) is 2.26. The lowest BCUT2D eigenvalue weighted by atomic mass is 10.2. The van der Waals surface area contributed by atoms with Crippen molar-refractivity contribution in [2.75, 3.05) is 14.2 Å². The molecule has 0 radical (unpaired) electrons. The predicted molar refractivity (Wildman–Crippen MR) is 63.2 cm³/mol. The molecule has 90 valence electrons. The first kappa shape index (κ1) is 11.5. The van der Waals surface area contributed by atoms with Gasteiger partial charge in [-0.15, -0.1) is 5.10 Å². The van der Waals surface area contributed by atoms with Crippen molar-refractivity contribution in [3.8, 4) is 11.4 Å². The van der Waals surface area contributed by atoms with E-state index in [2.05, 4.69) is 20.8 Å². The lowest BCUT2D eigenvalue weighted by Gasteiger charge is -2.10. The highest BCUT2D eigenvalue weighted by molar-refractivity contribution is 5.48. The molecule has 0 amide bonds. The lowest BCUT2D eigenvalue weighted by Crippen LogP contribution is -2.12. The van der Waals surface area contributed by atoms with E-state index in [0.717, 1.165) is 22.8 Å². The van der Waals surface area contributed by atoms with Gasteiger partial charge in [0.2, 0.25) is 0 Å². The summed E-state index contributed by atoms with van der Waals surface area (Å²) in [5, 5.41) is 14.7. The molecular weight excluding hydrogens is 218 g/mol. The molecule has 0 aliphatic carbocycles. The third-order valence-electron chi connectivity index (χ3n) is 2.43. The van der Waals surface area contributed by atoms with Crippen molar-refractivity contribution < 1.29 is 4.74 Å². The zero-order chi connectivity index (χ0) is 12.3. The van der Waals surface area contributed by atoms with Crippen molar-refractivity contribution in [2.24, 2.45) is 0 Å². The first-order valence-electron chi connectivity index (χ1n) is 5.33. The Balaban J connectivity index is 2.51. The van der Waals surface area contributed by atoms with Gasteiger partial charge in [0.25, 0.3) is 0 Å². The van der Waals surface area contributed by atoms with Crippen LogP contribution in [0, 0.1) is 6.92 Å². The summed E-state index contributed by atoms with van der Waals surface area (Å²) in [4.78, 5) is 0. The first-order valence-corrected chi connectivity index (χ1v) is 5.33. The highest BCUT2D eigenvalue weighted by atomic mass is 16.5. The van der Waals surface area contributed by atoms with E-state index in [-0.39, 0.29) is 0 Å². The topological polar surface area (TPSA) is 64.9 Å². The van der Waals surface area contributed by atoms with Crippen LogP contribution in [0.3, 0.4) is 0 Å². The quantitative estimate of drug-likeness (QED) is 0.842. The molecule has 0 aliphatic heterocycles. The van der Waals surface area contributed by atoms with Gasteiger partial charge in [0, 0.05) is 0 Å². The van der Waals surface area contributed by atoms with Crippen molar-refractivity contribution in [1.82, 2.24) is 25.5 Å². The molecule has 17 heavy (non-hydrogen) atoms. The van der Waals surface area contributed by atoms with E-state index >= 15 is 0 Å². The number of ether oxygens (including phenoxy) is 1. The number of tetrazole rings is 1. The summed E-state index contributed by atoms with van der Waals surface area (Å²) in [6.07, 6.45) is 0. The van der Waals surface area contributed by atoms with Gasteiger partial charge in [-0.1, -0.05) is 6.07 Å². The molecule has 6 heteroatoms. The highest BCUT2D eigenvalue weighted by Crippen LogP contribution is 2.23. The first-order chi connectivity index (χ1) is 8.26. The number of hydrogen-bond donors (Lipinski definition) is 1. The Morgan fingerprint density at radius 1 is 1.41 bits per heavy atom. The van der Waals surface area contributed by atoms with E-state index in [9.17, 15) is 0 Å². The summed E-state index contributed by atoms with van der Waals surface area (Å²) in [5.41, 5.74) is 1.98. The maximum absolute atomic E-state index is 5.32. The monoisotopic (exact) mass is 233 g/mol. The summed E-state index contributed by atoms with van der Waals surface area (Å²) in [5.74, 6) is 1.50. The van der Waals surface area contributed by atoms with Gasteiger partial charge < -0.3 is 10.1 Å². The van der Waals surface area contributed by atoms with Crippen LogP contribution in [0.1, 0.15) is 11.4 Å². The molecule has 6 nitrogen and oxygen atoms in total. The van der Waals surface area contributed by atoms with Crippen LogP contribution in [0.5, 0.6) is 5.75 Å². The van der Waals surface area contributed by atoms with Crippen molar-refractivity contribution in [1.29, 1.82) is 0 Å². The molecule has 0 saturated carbocycles. The fraction of sp³-hybridized carbons (Fsp3) is 0.364. The number of benzene rings is 1. The molecule has 1 N–H and O–H groups in total. The number of nitrogens with one attached hydrogen (secondary N) is 1. The molecule has 0 saturated heterocycles. The SMILES string of the molecule is CNCc1nnnn1-c1cc(C)ccc1OC. The summed E-state index contributed by atoms with van der Waals surface area (Å²) in [6.45, 7) is 2.62. The molecule has 0 fully saturated rings. The average Bonchev–Trinajstić information content (AvgIpc) is 2.77. The van der Waals surface area contributed by atoms with Crippen LogP contribution in [0.15, 0.2) is 18.2 Å². The van der Waals surface area contributed by atoms with Gasteiger partial charge in [-0.3, -0.25) is 0 Å². The Labute approximate surface area is 99.6 Å². The maximum atomic E-state index is 5.32. The van der Waals surface area contributed by atoms with Crippen molar-refractivity contribution in [3.63, 3.8) is 0 Å². The Morgan fingerprint density at radius 3 is 2.94 bits per heavy atom. The fourth-order valence-corrected chi connectivity index (χ4v) is 1.63. The average molecular weight is 233 g/mol. The smallest absolute Gasteiger partial charge is 0.170 e. The largest absolute Gasteiger partial charge is 0.494 e. The highest BCUT2D eigenvalue weighted by Gasteiger charge is 2.12. The van der Waals surface area contributed by atoms with Crippen LogP contribution in [0.25, 0.3) is 5.69 Å². The maximum Gasteiger partial charge on any atom is 0.170 e. The second-order valence-corrected chi connectivity index (χ2v) is 3.71. The molecular formula is C11H15N5O. The van der Waals surface area contributed by atoms with Crippen LogP contribution < -0.4 is 10.1 Å². The van der Waals surface area contributed by atoms with Crippen LogP contribution in [0.4, 0.5) is 0 Å². The van der Waals surface area contributed by atoms with Gasteiger partial charge in [0.15, 0.2) is 5.82 Å². The number of nitrogens with zero attached hydrogens (tertiary/aromatic N) is 4. The van der Waals surface area contributed by atoms with E-state index in [1.807, 2.05) is 32.2 Å². The van der Waals surface area contributed by atoms with Crippen LogP contribution in [-0.4, -0.2) is 34.4 Å². The number of aryl methyl sites for hydroxylation is 1.